The third kappa shape index (κ3) is 23.3. The maximum absolute atomic E-state index is 10.7. The molecule has 0 aliphatic carbocycles. The predicted molar refractivity (Wildman–Crippen MR) is 113 cm³/mol. The van der Waals surface area contributed by atoms with E-state index >= 15 is 0 Å². The van der Waals surface area contributed by atoms with Crippen molar-refractivity contribution in [2.45, 2.75) is 5.51 Å². The largest absolute Gasteiger partial charge is 1.00 e. The molecule has 0 amide bonds. The Bertz CT molecular complexity index is 756. The Balaban J connectivity index is 0. The third-order valence-corrected chi connectivity index (χ3v) is 3.12. The molecule has 180 valence electrons. The van der Waals surface area contributed by atoms with E-state index in [2.05, 4.69) is 19.9 Å². The standard InChI is InChI=1S/4C5H5N.CHF3O3S.Cu/c4*1-2-4-6-5-3-1;2-1(3,4)8(5,6)7;/h4*1-5H;(H,5,6,7);/q;;;;;+1/p-1. The zero-order valence-corrected chi connectivity index (χ0v) is 18.7. The van der Waals surface area contributed by atoms with Crippen LogP contribution in [0.3, 0.4) is 0 Å². The van der Waals surface area contributed by atoms with Crippen LogP contribution in [0, 0.1) is 0 Å². The molecule has 0 aliphatic heterocycles. The Hall–Kier alpha value is -3.18. The zero-order valence-electron chi connectivity index (χ0n) is 16.9. The van der Waals surface area contributed by atoms with Gasteiger partial charge in [-0.3, -0.25) is 19.9 Å². The first-order chi connectivity index (χ1) is 15.2. The smallest absolute Gasteiger partial charge is 0.741 e. The molecule has 0 N–H and O–H groups in total. The number of hydrogen-bond acceptors (Lipinski definition) is 7. The maximum Gasteiger partial charge on any atom is 1.00 e. The normalized spacial score (nSPS) is 9.21. The van der Waals surface area contributed by atoms with Crippen LogP contribution < -0.4 is 0 Å². The van der Waals surface area contributed by atoms with Gasteiger partial charge in [-0.1, -0.05) is 24.3 Å². The van der Waals surface area contributed by atoms with Crippen molar-refractivity contribution in [2.24, 2.45) is 0 Å². The second-order valence-corrected chi connectivity index (χ2v) is 6.37. The number of pyridine rings is 4. The topological polar surface area (TPSA) is 109 Å². The fraction of sp³-hybridized carbons (Fsp3) is 0.0476. The molecule has 0 unspecified atom stereocenters. The summed E-state index contributed by atoms with van der Waals surface area (Å²) < 4.78 is 58.9. The van der Waals surface area contributed by atoms with Crippen LogP contribution in [-0.2, 0) is 27.2 Å². The fourth-order valence-corrected chi connectivity index (χ4v) is 1.25. The molecule has 7 nitrogen and oxygen atoms in total. The van der Waals surface area contributed by atoms with E-state index in [-0.39, 0.29) is 17.1 Å². The van der Waals surface area contributed by atoms with Gasteiger partial charge in [0.05, 0.1) is 0 Å². The van der Waals surface area contributed by atoms with Gasteiger partial charge in [0, 0.05) is 49.6 Å². The van der Waals surface area contributed by atoms with Crippen LogP contribution in [0.25, 0.3) is 0 Å². The van der Waals surface area contributed by atoms with Crippen LogP contribution in [0.5, 0.6) is 0 Å². The van der Waals surface area contributed by atoms with Crippen molar-refractivity contribution in [3.63, 3.8) is 0 Å². The van der Waals surface area contributed by atoms with Crippen molar-refractivity contribution in [1.82, 2.24) is 19.9 Å². The average molecular weight is 529 g/mol. The minimum Gasteiger partial charge on any atom is -0.741 e. The van der Waals surface area contributed by atoms with Gasteiger partial charge in [-0.25, -0.2) is 8.42 Å². The first-order valence-corrected chi connectivity index (χ1v) is 10.1. The monoisotopic (exact) mass is 528 g/mol. The minimum absolute atomic E-state index is 0. The van der Waals surface area contributed by atoms with E-state index in [0.29, 0.717) is 0 Å². The number of aromatic nitrogens is 4. The molecule has 33 heavy (non-hydrogen) atoms. The summed E-state index contributed by atoms with van der Waals surface area (Å²) in [5.74, 6) is 0. The van der Waals surface area contributed by atoms with Gasteiger partial charge in [-0.05, 0) is 48.5 Å². The number of nitrogens with zero attached hydrogens (tertiary/aromatic N) is 4. The fourth-order valence-electron chi connectivity index (χ4n) is 1.25. The van der Waals surface area contributed by atoms with Crippen LogP contribution in [0.1, 0.15) is 0 Å². The molecule has 0 spiro atoms. The molecule has 0 atom stereocenters. The van der Waals surface area contributed by atoms with E-state index in [1.165, 1.54) is 0 Å². The first-order valence-electron chi connectivity index (χ1n) is 8.67. The Morgan fingerprint density at radius 2 is 0.636 bits per heavy atom. The molecule has 0 radical (unpaired) electrons. The minimum atomic E-state index is -6.09. The number of alkyl halides is 3. The van der Waals surface area contributed by atoms with Crippen LogP contribution in [0.2, 0.25) is 0 Å². The number of halogens is 3. The Morgan fingerprint density at radius 3 is 0.667 bits per heavy atom. The van der Waals surface area contributed by atoms with E-state index in [4.69, 9.17) is 13.0 Å². The van der Waals surface area contributed by atoms with Crippen molar-refractivity contribution in [1.29, 1.82) is 0 Å². The maximum atomic E-state index is 10.7. The summed E-state index contributed by atoms with van der Waals surface area (Å²) in [6.07, 6.45) is 14.0. The van der Waals surface area contributed by atoms with E-state index in [9.17, 15) is 13.2 Å². The van der Waals surface area contributed by atoms with E-state index in [1.807, 2.05) is 72.8 Å². The average Bonchev–Trinajstić information content (AvgIpc) is 2.84. The Kier molecular flexibility index (Phi) is 20.1. The van der Waals surface area contributed by atoms with E-state index in [1.54, 1.807) is 49.6 Å². The third-order valence-electron chi connectivity index (χ3n) is 2.55. The summed E-state index contributed by atoms with van der Waals surface area (Å²) in [5, 5.41) is 0. The first kappa shape index (κ1) is 32.0. The van der Waals surface area contributed by atoms with Gasteiger partial charge in [0.1, 0.15) is 0 Å². The molecule has 0 saturated carbocycles. The molecule has 12 heteroatoms. The van der Waals surface area contributed by atoms with Crippen molar-refractivity contribution in [2.75, 3.05) is 0 Å². The molecule has 0 saturated heterocycles. The Labute approximate surface area is 201 Å². The van der Waals surface area contributed by atoms with Crippen LogP contribution in [-0.4, -0.2) is 38.4 Å². The van der Waals surface area contributed by atoms with Gasteiger partial charge in [0.2, 0.25) is 0 Å². The van der Waals surface area contributed by atoms with Gasteiger partial charge in [-0.2, -0.15) is 13.2 Å². The SMILES string of the molecule is O=S(=O)([O-])C(F)(F)F.[Cu+].c1ccncc1.c1ccncc1.c1ccncc1.c1ccncc1. The predicted octanol–water partition coefficient (Wildman–Crippen LogP) is 4.38. The van der Waals surface area contributed by atoms with Crippen LogP contribution in [0.4, 0.5) is 13.2 Å². The number of rotatable bonds is 0. The van der Waals surface area contributed by atoms with Crippen molar-refractivity contribution in [3.8, 4) is 0 Å². The van der Waals surface area contributed by atoms with Crippen LogP contribution in [0.15, 0.2) is 122 Å². The molecule has 4 heterocycles. The van der Waals surface area contributed by atoms with Gasteiger partial charge in [0.25, 0.3) is 0 Å². The molecule has 4 aromatic rings. The second kappa shape index (κ2) is 20.7. The second-order valence-electron chi connectivity index (χ2n) is 5.00. The summed E-state index contributed by atoms with van der Waals surface area (Å²) in [6.45, 7) is 0. The molecular formula is C21H20CuF3N4O3S. The summed E-state index contributed by atoms with van der Waals surface area (Å²) in [4.78, 5) is 15.1. The molecule has 0 aliphatic rings. The van der Waals surface area contributed by atoms with Gasteiger partial charge in [-0.15, -0.1) is 0 Å². The van der Waals surface area contributed by atoms with Crippen molar-refractivity contribution >= 4 is 10.1 Å². The molecule has 0 aromatic carbocycles. The quantitative estimate of drug-likeness (QED) is 0.189. The summed E-state index contributed by atoms with van der Waals surface area (Å²) >= 11 is 0. The Morgan fingerprint density at radius 1 is 0.485 bits per heavy atom. The summed E-state index contributed by atoms with van der Waals surface area (Å²) in [6, 6.07) is 22.9. The van der Waals surface area contributed by atoms with Crippen molar-refractivity contribution < 1.29 is 43.2 Å². The van der Waals surface area contributed by atoms with Crippen LogP contribution >= 0.6 is 0 Å². The number of hydrogen-bond donors (Lipinski definition) is 0. The summed E-state index contributed by atoms with van der Waals surface area (Å²) in [7, 11) is -6.09. The molecular weight excluding hydrogens is 509 g/mol. The molecule has 0 fully saturated rings. The van der Waals surface area contributed by atoms with Gasteiger partial charge < -0.3 is 4.55 Å². The van der Waals surface area contributed by atoms with Gasteiger partial charge in [0.15, 0.2) is 10.1 Å². The molecule has 0 bridgehead atoms. The zero-order chi connectivity index (χ0) is 24.0. The summed E-state index contributed by atoms with van der Waals surface area (Å²) in [5.41, 5.74) is -5.65. The molecule has 4 aromatic heterocycles. The molecule has 4 rings (SSSR count). The van der Waals surface area contributed by atoms with E-state index < -0.39 is 15.6 Å². The van der Waals surface area contributed by atoms with E-state index in [0.717, 1.165) is 0 Å². The van der Waals surface area contributed by atoms with Gasteiger partial charge >= 0.3 is 22.6 Å². The van der Waals surface area contributed by atoms with Crippen molar-refractivity contribution in [3.05, 3.63) is 122 Å².